The van der Waals surface area contributed by atoms with Gasteiger partial charge in [-0.15, -0.1) is 0 Å². The molecule has 2 aromatic carbocycles. The van der Waals surface area contributed by atoms with Gasteiger partial charge in [0.1, 0.15) is 11.5 Å². The topological polar surface area (TPSA) is 55.6 Å². The van der Waals surface area contributed by atoms with E-state index in [-0.39, 0.29) is 11.9 Å². The number of carbonyl (C=O) groups excluding carboxylic acids is 1. The van der Waals surface area contributed by atoms with Gasteiger partial charge < -0.3 is 9.26 Å². The molecule has 38 heavy (non-hydrogen) atoms. The normalized spacial score (nSPS) is 26.6. The van der Waals surface area contributed by atoms with Gasteiger partial charge in [0.25, 0.3) is 0 Å². The summed E-state index contributed by atoms with van der Waals surface area (Å²) in [6.07, 6.45) is 7.18. The molecule has 0 N–H and O–H groups in total. The minimum Gasteiger partial charge on any atom is -0.373 e. The number of rotatable bonds is 7. The first-order chi connectivity index (χ1) is 18.5. The van der Waals surface area contributed by atoms with Crippen LogP contribution in [0.2, 0.25) is 10.0 Å². The Bertz CT molecular complexity index is 1360. The van der Waals surface area contributed by atoms with Crippen LogP contribution in [-0.4, -0.2) is 28.0 Å². The Morgan fingerprint density at radius 3 is 2.42 bits per heavy atom. The van der Waals surface area contributed by atoms with E-state index in [1.54, 1.807) is 6.92 Å². The third-order valence-electron chi connectivity index (χ3n) is 9.22. The largest absolute Gasteiger partial charge is 0.373 e. The maximum Gasteiger partial charge on any atom is 0.159 e. The predicted molar refractivity (Wildman–Crippen MR) is 147 cm³/mol. The van der Waals surface area contributed by atoms with Gasteiger partial charge in [-0.1, -0.05) is 46.6 Å². The minimum absolute atomic E-state index is 0.140. The lowest BCUT2D eigenvalue weighted by Crippen LogP contribution is -2.44. The Labute approximate surface area is 233 Å². The van der Waals surface area contributed by atoms with Crippen LogP contribution in [0.5, 0.6) is 0 Å². The molecule has 0 saturated heterocycles. The van der Waals surface area contributed by atoms with Crippen molar-refractivity contribution in [2.24, 2.45) is 11.8 Å². The smallest absolute Gasteiger partial charge is 0.159 e. The van der Waals surface area contributed by atoms with Crippen LogP contribution in [0.15, 0.2) is 40.9 Å². The van der Waals surface area contributed by atoms with E-state index in [0.29, 0.717) is 40.4 Å². The Morgan fingerprint density at radius 1 is 1.03 bits per heavy atom. The number of Topliss-reactive ketones (excluding diaryl/α,β-unsaturated/α-hetero) is 1. The Morgan fingerprint density at radius 2 is 1.74 bits per heavy atom. The highest BCUT2D eigenvalue weighted by Gasteiger charge is 2.47. The zero-order valence-electron chi connectivity index (χ0n) is 21.6. The van der Waals surface area contributed by atoms with Crippen molar-refractivity contribution in [3.63, 3.8) is 0 Å². The number of ether oxygens (including phenoxy) is 1. The molecule has 0 spiro atoms. The lowest BCUT2D eigenvalue weighted by Gasteiger charge is -2.40. The Kier molecular flexibility index (Phi) is 6.39. The quantitative estimate of drug-likeness (QED) is 0.280. The molecule has 5 nitrogen and oxygen atoms in total. The highest BCUT2D eigenvalue weighted by Crippen LogP contribution is 2.49. The SMILES string of the molecule is CC(=O)c1ccc2c(c1)CN(C1C3CCC1CC(OCc1c(-c4c(Cl)cccc4Cl)noc1C1CC1)C3)C2. The second kappa shape index (κ2) is 9.78. The number of benzene rings is 2. The van der Waals surface area contributed by atoms with Crippen molar-refractivity contribution in [2.45, 2.75) is 83.2 Å². The summed E-state index contributed by atoms with van der Waals surface area (Å²) >= 11 is 13.1. The van der Waals surface area contributed by atoms with Gasteiger partial charge in [0, 0.05) is 41.7 Å². The van der Waals surface area contributed by atoms with Crippen molar-refractivity contribution in [2.75, 3.05) is 0 Å². The molecule has 7 rings (SSSR count). The van der Waals surface area contributed by atoms with Crippen LogP contribution in [0.1, 0.15) is 84.2 Å². The third-order valence-corrected chi connectivity index (χ3v) is 9.85. The molecule has 2 heterocycles. The van der Waals surface area contributed by atoms with Crippen molar-refractivity contribution in [1.82, 2.24) is 10.1 Å². The van der Waals surface area contributed by atoms with Gasteiger partial charge in [-0.3, -0.25) is 9.69 Å². The molecular weight excluding hydrogens is 519 g/mol. The van der Waals surface area contributed by atoms with Crippen LogP contribution in [0, 0.1) is 11.8 Å². The van der Waals surface area contributed by atoms with Crippen LogP contribution < -0.4 is 0 Å². The number of halogens is 2. The molecule has 7 heteroatoms. The Balaban J connectivity index is 1.06. The number of aromatic nitrogens is 1. The summed E-state index contributed by atoms with van der Waals surface area (Å²) in [6.45, 7) is 4.07. The van der Waals surface area contributed by atoms with E-state index < -0.39 is 0 Å². The molecule has 3 aliphatic carbocycles. The molecule has 3 fully saturated rings. The zero-order valence-corrected chi connectivity index (χ0v) is 23.1. The van der Waals surface area contributed by atoms with E-state index in [9.17, 15) is 4.79 Å². The summed E-state index contributed by atoms with van der Waals surface area (Å²) in [6, 6.07) is 12.4. The number of fused-ring (bicyclic) bond motifs is 3. The van der Waals surface area contributed by atoms with Gasteiger partial charge in [0.15, 0.2) is 5.78 Å². The molecule has 3 saturated carbocycles. The van der Waals surface area contributed by atoms with Crippen molar-refractivity contribution in [3.05, 3.63) is 74.5 Å². The van der Waals surface area contributed by atoms with Gasteiger partial charge in [-0.2, -0.15) is 0 Å². The van der Waals surface area contributed by atoms with Crippen LogP contribution in [0.3, 0.4) is 0 Å². The van der Waals surface area contributed by atoms with E-state index in [0.717, 1.165) is 66.9 Å². The maximum absolute atomic E-state index is 11.9. The fraction of sp³-hybridized carbons (Fsp3) is 0.484. The lowest BCUT2D eigenvalue weighted by molar-refractivity contribution is -0.0334. The average molecular weight is 552 g/mol. The summed E-state index contributed by atoms with van der Waals surface area (Å²) in [7, 11) is 0. The molecule has 2 bridgehead atoms. The number of carbonyl (C=O) groups is 1. The second-order valence-electron chi connectivity index (χ2n) is 11.7. The van der Waals surface area contributed by atoms with Gasteiger partial charge in [0.05, 0.1) is 22.8 Å². The molecule has 0 amide bonds. The summed E-state index contributed by atoms with van der Waals surface area (Å²) in [5.74, 6) is 2.78. The highest BCUT2D eigenvalue weighted by atomic mass is 35.5. The van der Waals surface area contributed by atoms with Crippen molar-refractivity contribution >= 4 is 29.0 Å². The number of nitrogens with zero attached hydrogens (tertiary/aromatic N) is 2. The van der Waals surface area contributed by atoms with Gasteiger partial charge in [-0.25, -0.2) is 0 Å². The third kappa shape index (κ3) is 4.42. The average Bonchev–Trinajstić information content (AvgIpc) is 3.42. The molecule has 2 atom stereocenters. The molecule has 1 aliphatic heterocycles. The van der Waals surface area contributed by atoms with E-state index in [1.165, 1.54) is 24.0 Å². The predicted octanol–water partition coefficient (Wildman–Crippen LogP) is 7.82. The van der Waals surface area contributed by atoms with Crippen molar-refractivity contribution in [1.29, 1.82) is 0 Å². The van der Waals surface area contributed by atoms with Crippen LogP contribution in [0.4, 0.5) is 0 Å². The van der Waals surface area contributed by atoms with Gasteiger partial charge in [0.2, 0.25) is 0 Å². The van der Waals surface area contributed by atoms with Gasteiger partial charge >= 0.3 is 0 Å². The number of hydrogen-bond acceptors (Lipinski definition) is 5. The van der Waals surface area contributed by atoms with Crippen molar-refractivity contribution in [3.8, 4) is 11.3 Å². The summed E-state index contributed by atoms with van der Waals surface area (Å²) < 4.78 is 12.5. The van der Waals surface area contributed by atoms with Crippen molar-refractivity contribution < 1.29 is 14.1 Å². The molecule has 4 aliphatic rings. The summed E-state index contributed by atoms with van der Waals surface area (Å²) in [4.78, 5) is 14.5. The molecular formula is C31H32Cl2N2O3. The fourth-order valence-corrected chi connectivity index (χ4v) is 7.85. The van der Waals surface area contributed by atoms with Crippen LogP contribution in [-0.2, 0) is 24.4 Å². The highest BCUT2D eigenvalue weighted by molar-refractivity contribution is 6.39. The van der Waals surface area contributed by atoms with E-state index in [4.69, 9.17) is 32.5 Å². The second-order valence-corrected chi connectivity index (χ2v) is 12.5. The monoisotopic (exact) mass is 550 g/mol. The number of ketones is 1. The van der Waals surface area contributed by atoms with Gasteiger partial charge in [-0.05, 0) is 86.6 Å². The lowest BCUT2D eigenvalue weighted by atomic mass is 9.81. The van der Waals surface area contributed by atoms with Crippen LogP contribution >= 0.6 is 23.2 Å². The van der Waals surface area contributed by atoms with E-state index >= 15 is 0 Å². The van der Waals surface area contributed by atoms with E-state index in [2.05, 4.69) is 22.2 Å². The maximum atomic E-state index is 11.9. The Hall–Kier alpha value is -2.18. The summed E-state index contributed by atoms with van der Waals surface area (Å²) in [5.41, 5.74) is 5.98. The molecule has 1 aromatic heterocycles. The fourth-order valence-electron chi connectivity index (χ4n) is 7.27. The van der Waals surface area contributed by atoms with E-state index in [1.807, 2.05) is 24.3 Å². The van der Waals surface area contributed by atoms with Crippen LogP contribution in [0.25, 0.3) is 11.3 Å². The molecule has 2 unspecified atom stereocenters. The molecule has 198 valence electrons. The first kappa shape index (κ1) is 24.8. The first-order valence-electron chi connectivity index (χ1n) is 13.9. The zero-order chi connectivity index (χ0) is 26.0. The molecule has 0 radical (unpaired) electrons. The minimum atomic E-state index is 0.140. The summed E-state index contributed by atoms with van der Waals surface area (Å²) in [5, 5.41) is 5.58. The molecule has 3 aromatic rings. The number of hydrogen-bond donors (Lipinski definition) is 0. The standard InChI is InChI=1S/C31H32Cl2N2O3/c1-17(36)19-7-10-22-14-35(15-23(22)11-19)30-20-8-9-21(30)13-24(12-20)37-16-25-29(34-38-31(25)18-5-6-18)28-26(32)3-2-4-27(28)33/h2-4,7,10-11,18,20-21,24,30H,5-6,8-9,12-16H2,1H3. The first-order valence-corrected chi connectivity index (χ1v) is 14.6.